The van der Waals surface area contributed by atoms with Gasteiger partial charge in [-0.2, -0.15) is 0 Å². The Labute approximate surface area is 121 Å². The summed E-state index contributed by atoms with van der Waals surface area (Å²) < 4.78 is 0. The molecule has 0 fully saturated rings. The largest absolute Gasteiger partial charge is 0.313 e. The van der Waals surface area contributed by atoms with E-state index in [1.54, 1.807) is 0 Å². The molecule has 0 aromatic heterocycles. The Bertz CT molecular complexity index is 377. The highest BCUT2D eigenvalue weighted by atomic mass is 35.5. The van der Waals surface area contributed by atoms with Crippen LogP contribution in [0.1, 0.15) is 45.6 Å². The number of benzene rings is 1. The van der Waals surface area contributed by atoms with Crippen molar-refractivity contribution in [2.24, 2.45) is 5.92 Å². The van der Waals surface area contributed by atoms with Crippen molar-refractivity contribution in [3.8, 4) is 0 Å². The van der Waals surface area contributed by atoms with Gasteiger partial charge in [-0.25, -0.2) is 0 Å². The van der Waals surface area contributed by atoms with Crippen molar-refractivity contribution in [2.45, 2.75) is 46.1 Å². The molecule has 2 unspecified atom stereocenters. The predicted molar refractivity (Wildman–Crippen MR) is 81.8 cm³/mol. The standard InChI is InChI=1S/C15H23Cl2N/c1-5-8-18-15(10(2)3)11(4)13-9-12(16)6-7-14(13)17/h6-7,9-11,15,18H,5,8H2,1-4H3. The van der Waals surface area contributed by atoms with E-state index in [-0.39, 0.29) is 0 Å². The van der Waals surface area contributed by atoms with Crippen molar-refractivity contribution in [3.05, 3.63) is 33.8 Å². The third kappa shape index (κ3) is 4.15. The first-order valence-corrected chi connectivity index (χ1v) is 7.41. The van der Waals surface area contributed by atoms with Gasteiger partial charge in [0.1, 0.15) is 0 Å². The highest BCUT2D eigenvalue weighted by Gasteiger charge is 2.23. The summed E-state index contributed by atoms with van der Waals surface area (Å²) in [4.78, 5) is 0. The van der Waals surface area contributed by atoms with Crippen molar-refractivity contribution in [2.75, 3.05) is 6.54 Å². The van der Waals surface area contributed by atoms with Crippen molar-refractivity contribution < 1.29 is 0 Å². The van der Waals surface area contributed by atoms with Gasteiger partial charge in [0.15, 0.2) is 0 Å². The van der Waals surface area contributed by atoms with E-state index in [2.05, 4.69) is 33.0 Å². The number of rotatable bonds is 6. The third-order valence-electron chi connectivity index (χ3n) is 3.34. The van der Waals surface area contributed by atoms with Gasteiger partial charge in [0, 0.05) is 16.1 Å². The molecule has 1 aromatic carbocycles. The Morgan fingerprint density at radius 2 is 1.83 bits per heavy atom. The average molecular weight is 288 g/mol. The zero-order chi connectivity index (χ0) is 13.7. The molecule has 18 heavy (non-hydrogen) atoms. The Hall–Kier alpha value is -0.240. The Morgan fingerprint density at radius 1 is 1.17 bits per heavy atom. The normalized spacial score (nSPS) is 14.8. The minimum absolute atomic E-state index is 0.350. The lowest BCUT2D eigenvalue weighted by Gasteiger charge is -2.29. The van der Waals surface area contributed by atoms with Gasteiger partial charge in [-0.3, -0.25) is 0 Å². The van der Waals surface area contributed by atoms with Crippen molar-refractivity contribution >= 4 is 23.2 Å². The van der Waals surface area contributed by atoms with Crippen LogP contribution in [0.25, 0.3) is 0 Å². The second-order valence-corrected chi connectivity index (χ2v) is 6.02. The predicted octanol–water partition coefficient (Wildman–Crippen LogP) is 5.12. The number of hydrogen-bond acceptors (Lipinski definition) is 1. The van der Waals surface area contributed by atoms with E-state index in [0.717, 1.165) is 28.6 Å². The van der Waals surface area contributed by atoms with Crippen LogP contribution >= 0.6 is 23.2 Å². The lowest BCUT2D eigenvalue weighted by molar-refractivity contribution is 0.354. The van der Waals surface area contributed by atoms with Gasteiger partial charge in [0.25, 0.3) is 0 Å². The first kappa shape index (κ1) is 15.8. The molecule has 102 valence electrons. The molecule has 0 aliphatic rings. The number of hydrogen-bond donors (Lipinski definition) is 1. The molecule has 0 amide bonds. The van der Waals surface area contributed by atoms with E-state index in [0.29, 0.717) is 17.9 Å². The van der Waals surface area contributed by atoms with E-state index >= 15 is 0 Å². The first-order valence-electron chi connectivity index (χ1n) is 6.65. The summed E-state index contributed by atoms with van der Waals surface area (Å²) in [5.74, 6) is 0.907. The maximum atomic E-state index is 6.29. The minimum Gasteiger partial charge on any atom is -0.313 e. The highest BCUT2D eigenvalue weighted by Crippen LogP contribution is 2.31. The molecular formula is C15H23Cl2N. The summed E-state index contributed by atoms with van der Waals surface area (Å²) in [5, 5.41) is 5.16. The van der Waals surface area contributed by atoms with Gasteiger partial charge < -0.3 is 5.32 Å². The number of nitrogens with one attached hydrogen (secondary N) is 1. The molecule has 0 spiro atoms. The highest BCUT2D eigenvalue weighted by molar-refractivity contribution is 6.33. The molecule has 0 bridgehead atoms. The molecule has 0 heterocycles. The summed E-state index contributed by atoms with van der Waals surface area (Å²) in [6.07, 6.45) is 1.14. The van der Waals surface area contributed by atoms with Crippen LogP contribution < -0.4 is 5.32 Å². The van der Waals surface area contributed by atoms with Gasteiger partial charge in [0.2, 0.25) is 0 Å². The van der Waals surface area contributed by atoms with Crippen LogP contribution in [0.2, 0.25) is 10.0 Å². The van der Waals surface area contributed by atoms with Crippen molar-refractivity contribution in [1.82, 2.24) is 5.32 Å². The fraction of sp³-hybridized carbons (Fsp3) is 0.600. The molecule has 0 aliphatic heterocycles. The lowest BCUT2D eigenvalue weighted by Crippen LogP contribution is -2.38. The Kier molecular flexibility index (Phi) is 6.48. The zero-order valence-corrected chi connectivity index (χ0v) is 13.1. The van der Waals surface area contributed by atoms with Gasteiger partial charge in [-0.1, -0.05) is 50.9 Å². The van der Waals surface area contributed by atoms with Gasteiger partial charge in [-0.05, 0) is 48.6 Å². The van der Waals surface area contributed by atoms with E-state index in [1.165, 1.54) is 0 Å². The molecule has 1 nitrogen and oxygen atoms in total. The Morgan fingerprint density at radius 3 is 2.39 bits per heavy atom. The topological polar surface area (TPSA) is 12.0 Å². The molecule has 1 rings (SSSR count). The van der Waals surface area contributed by atoms with Gasteiger partial charge in [0.05, 0.1) is 0 Å². The van der Waals surface area contributed by atoms with Crippen LogP contribution in [0.4, 0.5) is 0 Å². The maximum absolute atomic E-state index is 6.29. The van der Waals surface area contributed by atoms with Crippen LogP contribution in [0.15, 0.2) is 18.2 Å². The molecule has 0 saturated carbocycles. The fourth-order valence-corrected chi connectivity index (χ4v) is 2.83. The molecule has 3 heteroatoms. The molecule has 2 atom stereocenters. The van der Waals surface area contributed by atoms with Crippen LogP contribution in [0, 0.1) is 5.92 Å². The summed E-state index contributed by atoms with van der Waals surface area (Å²) in [5.41, 5.74) is 1.13. The monoisotopic (exact) mass is 287 g/mol. The first-order chi connectivity index (χ1) is 8.47. The quantitative estimate of drug-likeness (QED) is 0.766. The lowest BCUT2D eigenvalue weighted by atomic mass is 9.86. The van der Waals surface area contributed by atoms with Crippen molar-refractivity contribution in [3.63, 3.8) is 0 Å². The van der Waals surface area contributed by atoms with Gasteiger partial charge in [-0.15, -0.1) is 0 Å². The Balaban J connectivity index is 2.93. The maximum Gasteiger partial charge on any atom is 0.0442 e. The molecule has 0 radical (unpaired) electrons. The zero-order valence-electron chi connectivity index (χ0n) is 11.6. The molecule has 1 aromatic rings. The fourth-order valence-electron chi connectivity index (χ4n) is 2.36. The van der Waals surface area contributed by atoms with Crippen LogP contribution in [0.5, 0.6) is 0 Å². The summed E-state index contributed by atoms with van der Waals surface area (Å²) in [6.45, 7) is 9.90. The summed E-state index contributed by atoms with van der Waals surface area (Å²) >= 11 is 12.4. The van der Waals surface area contributed by atoms with Crippen molar-refractivity contribution in [1.29, 1.82) is 0 Å². The molecular weight excluding hydrogens is 265 g/mol. The van der Waals surface area contributed by atoms with Crippen LogP contribution in [-0.2, 0) is 0 Å². The summed E-state index contributed by atoms with van der Waals surface area (Å²) in [7, 11) is 0. The average Bonchev–Trinajstić information content (AvgIpc) is 2.32. The van der Waals surface area contributed by atoms with E-state index in [9.17, 15) is 0 Å². The van der Waals surface area contributed by atoms with E-state index in [4.69, 9.17) is 23.2 Å². The van der Waals surface area contributed by atoms with E-state index in [1.807, 2.05) is 18.2 Å². The molecule has 0 aliphatic carbocycles. The third-order valence-corrected chi connectivity index (χ3v) is 3.91. The van der Waals surface area contributed by atoms with Gasteiger partial charge >= 0.3 is 0 Å². The molecule has 0 saturated heterocycles. The smallest absolute Gasteiger partial charge is 0.0442 e. The minimum atomic E-state index is 0.350. The molecule has 1 N–H and O–H groups in total. The van der Waals surface area contributed by atoms with Crippen LogP contribution in [0.3, 0.4) is 0 Å². The van der Waals surface area contributed by atoms with E-state index < -0.39 is 0 Å². The van der Waals surface area contributed by atoms with Crippen LogP contribution in [-0.4, -0.2) is 12.6 Å². The summed E-state index contributed by atoms with van der Waals surface area (Å²) in [6, 6.07) is 6.12. The number of halogens is 2. The SMILES string of the molecule is CCCNC(C(C)C)C(C)c1cc(Cl)ccc1Cl. The second-order valence-electron chi connectivity index (χ2n) is 5.18. The second kappa shape index (κ2) is 7.37.